The molecule has 3 N–H and O–H groups in total. The van der Waals surface area contributed by atoms with Crippen LogP contribution in [0.4, 0.5) is 5.82 Å². The van der Waals surface area contributed by atoms with E-state index < -0.39 is 5.97 Å². The zero-order chi connectivity index (χ0) is 13.1. The summed E-state index contributed by atoms with van der Waals surface area (Å²) in [5.74, 6) is -0.248. The Morgan fingerprint density at radius 3 is 2.61 bits per heavy atom. The average Bonchev–Trinajstić information content (AvgIpc) is 2.73. The van der Waals surface area contributed by atoms with Crippen LogP contribution >= 0.6 is 0 Å². The summed E-state index contributed by atoms with van der Waals surface area (Å²) in [5, 5.41) is 12.8. The zero-order valence-electron chi connectivity index (χ0n) is 9.83. The summed E-state index contributed by atoms with van der Waals surface area (Å²) in [7, 11) is 0. The first-order valence-electron chi connectivity index (χ1n) is 5.43. The van der Waals surface area contributed by atoms with Crippen molar-refractivity contribution in [3.8, 4) is 11.4 Å². The number of hydrogen-bond acceptors (Lipinski definition) is 4. The third kappa shape index (κ3) is 2.13. The summed E-state index contributed by atoms with van der Waals surface area (Å²) in [5.41, 5.74) is 6.39. The number of carboxylic acids is 1. The van der Waals surface area contributed by atoms with Gasteiger partial charge in [0.05, 0.1) is 18.5 Å². The number of aromatic nitrogens is 2. The van der Waals surface area contributed by atoms with Gasteiger partial charge < -0.3 is 15.6 Å². The molecule has 2 aromatic rings. The molecule has 1 heterocycles. The second-order valence-corrected chi connectivity index (χ2v) is 3.59. The predicted octanol–water partition coefficient (Wildman–Crippen LogP) is 1.55. The van der Waals surface area contributed by atoms with Gasteiger partial charge in [-0.2, -0.15) is 5.10 Å². The first-order valence-corrected chi connectivity index (χ1v) is 5.43. The molecule has 0 atom stereocenters. The van der Waals surface area contributed by atoms with Gasteiger partial charge in [-0.05, 0) is 31.2 Å². The smallest absolute Gasteiger partial charge is 0.341 e. The van der Waals surface area contributed by atoms with Crippen molar-refractivity contribution in [2.45, 2.75) is 6.92 Å². The van der Waals surface area contributed by atoms with Crippen LogP contribution in [0.1, 0.15) is 17.3 Å². The van der Waals surface area contributed by atoms with Gasteiger partial charge in [-0.15, -0.1) is 0 Å². The highest BCUT2D eigenvalue weighted by molar-refractivity contribution is 5.92. The van der Waals surface area contributed by atoms with Crippen molar-refractivity contribution in [2.75, 3.05) is 12.3 Å². The molecule has 1 aromatic carbocycles. The molecule has 0 aliphatic rings. The molecule has 0 spiro atoms. The van der Waals surface area contributed by atoms with E-state index in [4.69, 9.17) is 15.6 Å². The zero-order valence-corrected chi connectivity index (χ0v) is 9.83. The van der Waals surface area contributed by atoms with Gasteiger partial charge in [0.25, 0.3) is 0 Å². The molecule has 0 aliphatic carbocycles. The molecule has 0 fully saturated rings. The van der Waals surface area contributed by atoms with E-state index in [1.807, 2.05) is 6.92 Å². The summed E-state index contributed by atoms with van der Waals surface area (Å²) in [6.45, 7) is 2.49. The first-order chi connectivity index (χ1) is 8.63. The minimum atomic E-state index is -1.09. The van der Waals surface area contributed by atoms with E-state index in [0.717, 1.165) is 5.75 Å². The Hall–Kier alpha value is -2.50. The van der Waals surface area contributed by atoms with Gasteiger partial charge in [-0.1, -0.05) is 0 Å². The molecule has 6 heteroatoms. The third-order valence-corrected chi connectivity index (χ3v) is 2.43. The Morgan fingerprint density at radius 2 is 2.11 bits per heavy atom. The number of rotatable bonds is 4. The summed E-state index contributed by atoms with van der Waals surface area (Å²) >= 11 is 0. The predicted molar refractivity (Wildman–Crippen MR) is 66.1 cm³/mol. The number of anilines is 1. The molecule has 1 aromatic heterocycles. The summed E-state index contributed by atoms with van der Waals surface area (Å²) in [4.78, 5) is 10.9. The number of aromatic carboxylic acids is 1. The van der Waals surface area contributed by atoms with E-state index in [1.165, 1.54) is 10.9 Å². The van der Waals surface area contributed by atoms with Crippen molar-refractivity contribution in [1.82, 2.24) is 9.78 Å². The standard InChI is InChI=1S/C12H13N3O3/c1-2-18-9-5-3-8(4-6-9)15-11(13)10(7-14-15)12(16)17/h3-7H,2,13H2,1H3,(H,16,17). The number of nitrogens with two attached hydrogens (primary N) is 1. The molecule has 0 saturated heterocycles. The van der Waals surface area contributed by atoms with E-state index in [-0.39, 0.29) is 11.4 Å². The molecular weight excluding hydrogens is 234 g/mol. The largest absolute Gasteiger partial charge is 0.494 e. The van der Waals surface area contributed by atoms with Gasteiger partial charge in [0.1, 0.15) is 17.1 Å². The maximum absolute atomic E-state index is 10.9. The van der Waals surface area contributed by atoms with Crippen LogP contribution in [-0.4, -0.2) is 27.5 Å². The first kappa shape index (κ1) is 12.0. The minimum Gasteiger partial charge on any atom is -0.494 e. The highest BCUT2D eigenvalue weighted by atomic mass is 16.5. The normalized spacial score (nSPS) is 10.3. The Morgan fingerprint density at radius 1 is 1.44 bits per heavy atom. The van der Waals surface area contributed by atoms with Crippen LogP contribution in [0.25, 0.3) is 5.69 Å². The number of benzene rings is 1. The second kappa shape index (κ2) is 4.79. The van der Waals surface area contributed by atoms with E-state index in [2.05, 4.69) is 5.10 Å². The van der Waals surface area contributed by atoms with E-state index in [1.54, 1.807) is 24.3 Å². The molecule has 0 aliphatic heterocycles. The van der Waals surface area contributed by atoms with E-state index in [9.17, 15) is 4.79 Å². The fourth-order valence-corrected chi connectivity index (χ4v) is 1.58. The van der Waals surface area contributed by atoms with E-state index >= 15 is 0 Å². The fraction of sp³-hybridized carbons (Fsp3) is 0.167. The van der Waals surface area contributed by atoms with Crippen LogP contribution in [0.3, 0.4) is 0 Å². The number of nitrogens with zero attached hydrogens (tertiary/aromatic N) is 2. The van der Waals surface area contributed by atoms with Crippen LogP contribution in [0.5, 0.6) is 5.75 Å². The Kier molecular flexibility index (Phi) is 3.18. The van der Waals surface area contributed by atoms with Crippen LogP contribution in [0.15, 0.2) is 30.5 Å². The lowest BCUT2D eigenvalue weighted by molar-refractivity contribution is 0.0698. The topological polar surface area (TPSA) is 90.4 Å². The molecule has 0 saturated carbocycles. The quantitative estimate of drug-likeness (QED) is 0.855. The van der Waals surface area contributed by atoms with Gasteiger partial charge in [-0.3, -0.25) is 0 Å². The lowest BCUT2D eigenvalue weighted by atomic mass is 10.3. The molecule has 0 radical (unpaired) electrons. The van der Waals surface area contributed by atoms with Crippen molar-refractivity contribution >= 4 is 11.8 Å². The van der Waals surface area contributed by atoms with Crippen LogP contribution in [-0.2, 0) is 0 Å². The molecule has 94 valence electrons. The van der Waals surface area contributed by atoms with Crippen LogP contribution in [0, 0.1) is 0 Å². The second-order valence-electron chi connectivity index (χ2n) is 3.59. The Labute approximate surface area is 104 Å². The van der Waals surface area contributed by atoms with Crippen molar-refractivity contribution in [3.63, 3.8) is 0 Å². The molecular formula is C12H13N3O3. The average molecular weight is 247 g/mol. The molecule has 6 nitrogen and oxygen atoms in total. The third-order valence-electron chi connectivity index (χ3n) is 2.43. The monoisotopic (exact) mass is 247 g/mol. The summed E-state index contributed by atoms with van der Waals surface area (Å²) < 4.78 is 6.69. The van der Waals surface area contributed by atoms with Gasteiger partial charge in [-0.25, -0.2) is 9.48 Å². The van der Waals surface area contributed by atoms with Crippen LogP contribution in [0.2, 0.25) is 0 Å². The van der Waals surface area contributed by atoms with Crippen molar-refractivity contribution in [3.05, 3.63) is 36.0 Å². The molecule has 18 heavy (non-hydrogen) atoms. The van der Waals surface area contributed by atoms with Gasteiger partial charge in [0, 0.05) is 0 Å². The number of ether oxygens (including phenoxy) is 1. The summed E-state index contributed by atoms with van der Waals surface area (Å²) in [6.07, 6.45) is 1.23. The lowest BCUT2D eigenvalue weighted by Crippen LogP contribution is -2.05. The lowest BCUT2D eigenvalue weighted by Gasteiger charge is -2.06. The molecule has 2 rings (SSSR count). The molecule has 0 bridgehead atoms. The van der Waals surface area contributed by atoms with E-state index in [0.29, 0.717) is 12.3 Å². The van der Waals surface area contributed by atoms with Crippen LogP contribution < -0.4 is 10.5 Å². The van der Waals surface area contributed by atoms with Gasteiger partial charge in [0.2, 0.25) is 0 Å². The highest BCUT2D eigenvalue weighted by Crippen LogP contribution is 2.19. The fourth-order valence-electron chi connectivity index (χ4n) is 1.58. The number of nitrogen functional groups attached to an aromatic ring is 1. The highest BCUT2D eigenvalue weighted by Gasteiger charge is 2.14. The minimum absolute atomic E-state index is 0.0103. The summed E-state index contributed by atoms with van der Waals surface area (Å²) in [6, 6.07) is 7.08. The molecule has 0 amide bonds. The van der Waals surface area contributed by atoms with Crippen molar-refractivity contribution in [1.29, 1.82) is 0 Å². The number of carboxylic acid groups (broad SMARTS) is 1. The van der Waals surface area contributed by atoms with Crippen molar-refractivity contribution < 1.29 is 14.6 Å². The maximum atomic E-state index is 10.9. The SMILES string of the molecule is CCOc1ccc(-n2ncc(C(=O)O)c2N)cc1. The van der Waals surface area contributed by atoms with Crippen molar-refractivity contribution in [2.24, 2.45) is 0 Å². The number of hydrogen-bond donors (Lipinski definition) is 2. The van der Waals surface area contributed by atoms with Gasteiger partial charge >= 0.3 is 5.97 Å². The number of carbonyl (C=O) groups is 1. The Bertz CT molecular complexity index is 560. The maximum Gasteiger partial charge on any atom is 0.341 e. The Balaban J connectivity index is 2.34. The molecule has 0 unspecified atom stereocenters. The van der Waals surface area contributed by atoms with Gasteiger partial charge in [0.15, 0.2) is 0 Å².